The van der Waals surface area contributed by atoms with E-state index in [0.717, 1.165) is 11.3 Å². The number of benzene rings is 1. The largest absolute Gasteiger partial charge is 0.493 e. The molecule has 1 aromatic carbocycles. The number of nitrogens with zero attached hydrogens (tertiary/aromatic N) is 1. The number of hydrogen-bond donors (Lipinski definition) is 0. The molecular formula is C20H27NO5S. The van der Waals surface area contributed by atoms with Gasteiger partial charge in [-0.3, -0.25) is 9.59 Å². The lowest BCUT2D eigenvalue weighted by atomic mass is 10.1. The van der Waals surface area contributed by atoms with Crippen LogP contribution in [0.25, 0.3) is 6.08 Å². The van der Waals surface area contributed by atoms with Crippen LogP contribution >= 0.6 is 11.8 Å². The highest BCUT2D eigenvalue weighted by Crippen LogP contribution is 2.29. The fraction of sp³-hybridized carbons (Fsp3) is 0.500. The molecule has 1 atom stereocenters. The van der Waals surface area contributed by atoms with Gasteiger partial charge in [0.1, 0.15) is 5.25 Å². The summed E-state index contributed by atoms with van der Waals surface area (Å²) in [6, 6.07) is 5.56. The molecule has 0 radical (unpaired) electrons. The van der Waals surface area contributed by atoms with E-state index >= 15 is 0 Å². The highest BCUT2D eigenvalue weighted by Gasteiger charge is 2.28. The Morgan fingerprint density at radius 1 is 1.30 bits per heavy atom. The topological polar surface area (TPSA) is 65.1 Å². The highest BCUT2D eigenvalue weighted by molar-refractivity contribution is 8.00. The molecule has 0 unspecified atom stereocenters. The smallest absolute Gasteiger partial charge is 0.320 e. The van der Waals surface area contributed by atoms with Gasteiger partial charge in [0.2, 0.25) is 5.91 Å². The first-order valence-electron chi connectivity index (χ1n) is 8.91. The van der Waals surface area contributed by atoms with E-state index in [0.29, 0.717) is 37.1 Å². The zero-order chi connectivity index (χ0) is 19.8. The fourth-order valence-corrected chi connectivity index (χ4v) is 3.69. The molecule has 0 saturated carbocycles. The molecule has 7 heteroatoms. The molecule has 0 spiro atoms. The first kappa shape index (κ1) is 21.2. The average molecular weight is 394 g/mol. The third-order valence-corrected chi connectivity index (χ3v) is 5.18. The SMILES string of the molecule is COC(=O)[C@@H]1CN(C(=O)/C=C/c2ccc(OCC(C)C)c(OC)c2)CCS1. The minimum atomic E-state index is -0.321. The number of ether oxygens (including phenoxy) is 3. The number of amides is 1. The highest BCUT2D eigenvalue weighted by atomic mass is 32.2. The molecule has 2 rings (SSSR count). The number of hydrogen-bond acceptors (Lipinski definition) is 6. The molecule has 0 aromatic heterocycles. The maximum Gasteiger partial charge on any atom is 0.320 e. The van der Waals surface area contributed by atoms with Gasteiger partial charge in [-0.15, -0.1) is 11.8 Å². The molecule has 27 heavy (non-hydrogen) atoms. The Labute approximate surface area is 164 Å². The standard InChI is InChI=1S/C20H27NO5S/c1-14(2)13-26-16-7-5-15(11-17(16)24-3)6-8-19(22)21-9-10-27-18(12-21)20(23)25-4/h5-8,11,14,18H,9-10,12-13H2,1-4H3/b8-6+/t18-/m0/s1. The monoisotopic (exact) mass is 393 g/mol. The summed E-state index contributed by atoms with van der Waals surface area (Å²) in [5, 5.41) is -0.321. The molecule has 1 aliphatic heterocycles. The summed E-state index contributed by atoms with van der Waals surface area (Å²) >= 11 is 1.52. The normalized spacial score (nSPS) is 17.2. The summed E-state index contributed by atoms with van der Waals surface area (Å²) in [4.78, 5) is 25.8. The van der Waals surface area contributed by atoms with Crippen LogP contribution in [0.2, 0.25) is 0 Å². The zero-order valence-electron chi connectivity index (χ0n) is 16.3. The van der Waals surface area contributed by atoms with Gasteiger partial charge in [-0.25, -0.2) is 0 Å². The third kappa shape index (κ3) is 6.20. The van der Waals surface area contributed by atoms with Crippen molar-refractivity contribution in [1.82, 2.24) is 4.90 Å². The number of rotatable bonds is 7. The summed E-state index contributed by atoms with van der Waals surface area (Å²) in [5.74, 6) is 2.04. The third-order valence-electron chi connectivity index (χ3n) is 4.02. The molecule has 1 fully saturated rings. The van der Waals surface area contributed by atoms with Gasteiger partial charge in [0.05, 0.1) is 20.8 Å². The summed E-state index contributed by atoms with van der Waals surface area (Å²) in [5.41, 5.74) is 0.841. The van der Waals surface area contributed by atoms with Crippen molar-refractivity contribution in [1.29, 1.82) is 0 Å². The van der Waals surface area contributed by atoms with E-state index in [-0.39, 0.29) is 17.1 Å². The van der Waals surface area contributed by atoms with Crippen LogP contribution in [0, 0.1) is 5.92 Å². The number of thioether (sulfide) groups is 1. The summed E-state index contributed by atoms with van der Waals surface area (Å²) in [7, 11) is 2.96. The van der Waals surface area contributed by atoms with Crippen LogP contribution in [-0.4, -0.2) is 61.7 Å². The number of esters is 1. The van der Waals surface area contributed by atoms with Crippen LogP contribution in [0.3, 0.4) is 0 Å². The number of carbonyl (C=O) groups is 2. The maximum atomic E-state index is 12.4. The van der Waals surface area contributed by atoms with Crippen LogP contribution in [0.1, 0.15) is 19.4 Å². The molecule has 0 bridgehead atoms. The van der Waals surface area contributed by atoms with Crippen molar-refractivity contribution in [2.45, 2.75) is 19.1 Å². The Kier molecular flexibility index (Phi) is 8.03. The van der Waals surface area contributed by atoms with Gasteiger partial charge in [0.25, 0.3) is 0 Å². The van der Waals surface area contributed by atoms with Gasteiger partial charge in [0, 0.05) is 24.9 Å². The van der Waals surface area contributed by atoms with E-state index in [1.54, 1.807) is 18.1 Å². The lowest BCUT2D eigenvalue weighted by Crippen LogP contribution is -2.44. The predicted octanol–water partition coefficient (Wildman–Crippen LogP) is 2.86. The van der Waals surface area contributed by atoms with Crippen molar-refractivity contribution in [3.8, 4) is 11.5 Å². The zero-order valence-corrected chi connectivity index (χ0v) is 17.1. The van der Waals surface area contributed by atoms with Crippen LogP contribution in [0.15, 0.2) is 24.3 Å². The van der Waals surface area contributed by atoms with Gasteiger partial charge in [-0.05, 0) is 29.7 Å². The molecule has 1 aromatic rings. The van der Waals surface area contributed by atoms with Crippen molar-refractivity contribution < 1.29 is 23.8 Å². The molecule has 1 amide bonds. The molecule has 148 valence electrons. The van der Waals surface area contributed by atoms with Gasteiger partial charge >= 0.3 is 5.97 Å². The Morgan fingerprint density at radius 3 is 2.74 bits per heavy atom. The van der Waals surface area contributed by atoms with Crippen molar-refractivity contribution in [2.24, 2.45) is 5.92 Å². The van der Waals surface area contributed by atoms with Crippen molar-refractivity contribution >= 4 is 29.7 Å². The lowest BCUT2D eigenvalue weighted by molar-refractivity contribution is -0.140. The number of methoxy groups -OCH3 is 2. The lowest BCUT2D eigenvalue weighted by Gasteiger charge is -2.30. The van der Waals surface area contributed by atoms with E-state index in [1.165, 1.54) is 24.9 Å². The Morgan fingerprint density at radius 2 is 2.07 bits per heavy atom. The Balaban J connectivity index is 2.01. The predicted molar refractivity (Wildman–Crippen MR) is 107 cm³/mol. The van der Waals surface area contributed by atoms with Crippen LogP contribution in [0.4, 0.5) is 0 Å². The first-order valence-corrected chi connectivity index (χ1v) is 9.96. The van der Waals surface area contributed by atoms with Gasteiger partial charge in [0.15, 0.2) is 11.5 Å². The van der Waals surface area contributed by atoms with Gasteiger partial charge < -0.3 is 19.1 Å². The van der Waals surface area contributed by atoms with Crippen LogP contribution in [0.5, 0.6) is 11.5 Å². The quantitative estimate of drug-likeness (QED) is 0.524. The molecule has 1 saturated heterocycles. The number of carbonyl (C=O) groups excluding carboxylic acids is 2. The van der Waals surface area contributed by atoms with Crippen molar-refractivity contribution in [3.63, 3.8) is 0 Å². The van der Waals surface area contributed by atoms with Crippen molar-refractivity contribution in [2.75, 3.05) is 39.7 Å². The molecule has 0 N–H and O–H groups in total. The first-order chi connectivity index (χ1) is 12.9. The molecule has 0 aliphatic carbocycles. The summed E-state index contributed by atoms with van der Waals surface area (Å²) < 4.78 is 15.9. The minimum Gasteiger partial charge on any atom is -0.493 e. The summed E-state index contributed by atoms with van der Waals surface area (Å²) in [6.07, 6.45) is 3.26. The summed E-state index contributed by atoms with van der Waals surface area (Å²) in [6.45, 7) is 5.76. The molecular weight excluding hydrogens is 366 g/mol. The van der Waals surface area contributed by atoms with E-state index in [1.807, 2.05) is 18.2 Å². The van der Waals surface area contributed by atoms with Crippen LogP contribution < -0.4 is 9.47 Å². The molecule has 6 nitrogen and oxygen atoms in total. The fourth-order valence-electron chi connectivity index (χ4n) is 2.56. The molecule has 1 heterocycles. The minimum absolute atomic E-state index is 0.122. The van der Waals surface area contributed by atoms with Crippen molar-refractivity contribution in [3.05, 3.63) is 29.8 Å². The van der Waals surface area contributed by atoms with E-state index < -0.39 is 0 Å². The van der Waals surface area contributed by atoms with Gasteiger partial charge in [-0.1, -0.05) is 19.9 Å². The van der Waals surface area contributed by atoms with Crippen LogP contribution in [-0.2, 0) is 14.3 Å². The Hall–Kier alpha value is -2.15. The second-order valence-corrected chi connectivity index (χ2v) is 7.93. The van der Waals surface area contributed by atoms with E-state index in [4.69, 9.17) is 14.2 Å². The average Bonchev–Trinajstić information content (AvgIpc) is 2.69. The second-order valence-electron chi connectivity index (χ2n) is 6.62. The second kappa shape index (κ2) is 10.3. The van der Waals surface area contributed by atoms with Gasteiger partial charge in [-0.2, -0.15) is 0 Å². The van der Waals surface area contributed by atoms with E-state index in [9.17, 15) is 9.59 Å². The maximum absolute atomic E-state index is 12.4. The Bertz CT molecular complexity index is 689. The molecule has 1 aliphatic rings. The van der Waals surface area contributed by atoms with E-state index in [2.05, 4.69) is 13.8 Å².